The average molecular weight is 504 g/mol. The van der Waals surface area contributed by atoms with Gasteiger partial charge in [-0.3, -0.25) is 9.59 Å². The Morgan fingerprint density at radius 3 is 2.23 bits per heavy atom. The first-order chi connectivity index (χ1) is 14.8. The first kappa shape index (κ1) is 25.8. The second-order valence-electron chi connectivity index (χ2n) is 7.22. The molecule has 1 atom stereocenters. The summed E-state index contributed by atoms with van der Waals surface area (Å²) < 4.78 is 0. The minimum atomic E-state index is -0.653. The molecule has 0 heterocycles. The van der Waals surface area contributed by atoms with Crippen molar-refractivity contribution in [1.29, 1.82) is 0 Å². The van der Waals surface area contributed by atoms with Gasteiger partial charge in [-0.1, -0.05) is 78.8 Å². The number of carbonyl (C=O) groups is 2. The third-order valence-electron chi connectivity index (χ3n) is 4.94. The molecule has 0 aliphatic rings. The Hall–Kier alpha value is -1.46. The summed E-state index contributed by atoms with van der Waals surface area (Å²) in [5, 5.41) is 4.61. The number of amides is 2. The summed E-state index contributed by atoms with van der Waals surface area (Å²) >= 11 is 24.8. The van der Waals surface area contributed by atoms with Crippen LogP contribution in [0.25, 0.3) is 0 Å². The summed E-state index contributed by atoms with van der Waals surface area (Å²) in [6.45, 7) is 4.61. The lowest BCUT2D eigenvalue weighted by Gasteiger charge is -2.31. The zero-order chi connectivity index (χ0) is 23.0. The van der Waals surface area contributed by atoms with E-state index in [1.165, 1.54) is 4.90 Å². The third-order valence-corrected chi connectivity index (χ3v) is 6.39. The van der Waals surface area contributed by atoms with Crippen molar-refractivity contribution >= 4 is 58.2 Å². The highest BCUT2D eigenvalue weighted by Gasteiger charge is 2.29. The standard InChI is InChI=1S/C23H26Cl4N2O2/c1-3-5-11-28-23(31)21(4-2)29(14-16-17(24)7-6-8-18(16)25)22(30)13-15-9-10-19(26)20(27)12-15/h6-10,12,21H,3-5,11,13-14H2,1-2H3,(H,28,31). The minimum Gasteiger partial charge on any atom is -0.354 e. The highest BCUT2D eigenvalue weighted by atomic mass is 35.5. The van der Waals surface area contributed by atoms with Crippen molar-refractivity contribution in [1.82, 2.24) is 10.2 Å². The molecule has 0 aliphatic heterocycles. The smallest absolute Gasteiger partial charge is 0.242 e. The first-order valence-corrected chi connectivity index (χ1v) is 11.7. The van der Waals surface area contributed by atoms with Crippen molar-refractivity contribution in [3.05, 3.63) is 67.6 Å². The molecule has 0 fully saturated rings. The molecule has 1 unspecified atom stereocenters. The van der Waals surface area contributed by atoms with E-state index in [0.29, 0.717) is 44.2 Å². The zero-order valence-corrected chi connectivity index (χ0v) is 20.6. The van der Waals surface area contributed by atoms with Gasteiger partial charge < -0.3 is 10.2 Å². The normalized spacial score (nSPS) is 11.8. The first-order valence-electron chi connectivity index (χ1n) is 10.2. The highest BCUT2D eigenvalue weighted by molar-refractivity contribution is 6.42. The summed E-state index contributed by atoms with van der Waals surface area (Å²) in [5.41, 5.74) is 1.31. The predicted molar refractivity (Wildman–Crippen MR) is 129 cm³/mol. The topological polar surface area (TPSA) is 49.4 Å². The molecule has 0 bridgehead atoms. The number of rotatable bonds is 10. The Kier molecular flexibility index (Phi) is 10.4. The lowest BCUT2D eigenvalue weighted by molar-refractivity contribution is -0.140. The summed E-state index contributed by atoms with van der Waals surface area (Å²) in [5.74, 6) is -0.423. The molecule has 4 nitrogen and oxygen atoms in total. The number of nitrogens with zero attached hydrogens (tertiary/aromatic N) is 1. The van der Waals surface area contributed by atoms with Crippen molar-refractivity contribution in [3.63, 3.8) is 0 Å². The van der Waals surface area contributed by atoms with E-state index in [0.717, 1.165) is 12.8 Å². The zero-order valence-electron chi connectivity index (χ0n) is 17.6. The molecule has 0 saturated carbocycles. The van der Waals surface area contributed by atoms with Gasteiger partial charge in [0.15, 0.2) is 0 Å². The van der Waals surface area contributed by atoms with Crippen LogP contribution in [0.1, 0.15) is 44.2 Å². The van der Waals surface area contributed by atoms with E-state index in [1.54, 1.807) is 36.4 Å². The number of nitrogens with one attached hydrogen (secondary N) is 1. The summed E-state index contributed by atoms with van der Waals surface area (Å²) in [6.07, 6.45) is 2.35. The van der Waals surface area contributed by atoms with Crippen molar-refractivity contribution in [2.75, 3.05) is 6.54 Å². The molecular formula is C23H26Cl4N2O2. The Bertz CT molecular complexity index is 900. The second-order valence-corrected chi connectivity index (χ2v) is 8.84. The van der Waals surface area contributed by atoms with Crippen molar-refractivity contribution in [2.24, 2.45) is 0 Å². The fourth-order valence-corrected chi connectivity index (χ4v) is 4.04. The van der Waals surface area contributed by atoms with Crippen molar-refractivity contribution in [3.8, 4) is 0 Å². The van der Waals surface area contributed by atoms with Crippen LogP contribution < -0.4 is 5.32 Å². The molecule has 2 rings (SSSR count). The van der Waals surface area contributed by atoms with Crippen LogP contribution in [0.2, 0.25) is 20.1 Å². The second kappa shape index (κ2) is 12.5. The van der Waals surface area contributed by atoms with Gasteiger partial charge in [0.2, 0.25) is 11.8 Å². The molecule has 0 aliphatic carbocycles. The summed E-state index contributed by atoms with van der Waals surface area (Å²) in [6, 6.07) is 9.57. The number of carbonyl (C=O) groups excluding carboxylic acids is 2. The van der Waals surface area contributed by atoms with Crippen molar-refractivity contribution in [2.45, 2.75) is 52.1 Å². The third kappa shape index (κ3) is 7.28. The highest BCUT2D eigenvalue weighted by Crippen LogP contribution is 2.28. The monoisotopic (exact) mass is 502 g/mol. The van der Waals surface area contributed by atoms with Gasteiger partial charge in [0, 0.05) is 28.7 Å². The fourth-order valence-electron chi connectivity index (χ4n) is 3.21. The largest absolute Gasteiger partial charge is 0.354 e. The quantitative estimate of drug-likeness (QED) is 0.373. The summed E-state index contributed by atoms with van der Waals surface area (Å²) in [4.78, 5) is 27.8. The van der Waals surface area contributed by atoms with E-state index in [1.807, 2.05) is 6.92 Å². The molecule has 8 heteroatoms. The lowest BCUT2D eigenvalue weighted by Crippen LogP contribution is -2.49. The maximum Gasteiger partial charge on any atom is 0.242 e. The molecular weight excluding hydrogens is 478 g/mol. The van der Waals surface area contributed by atoms with E-state index < -0.39 is 6.04 Å². The Morgan fingerprint density at radius 1 is 0.968 bits per heavy atom. The molecule has 2 amide bonds. The van der Waals surface area contributed by atoms with Gasteiger partial charge in [-0.25, -0.2) is 0 Å². The van der Waals surface area contributed by atoms with Gasteiger partial charge in [0.1, 0.15) is 6.04 Å². The Labute approximate surface area is 203 Å². The Balaban J connectivity index is 2.34. The minimum absolute atomic E-state index is 0.0672. The van der Waals surface area contributed by atoms with Gasteiger partial charge in [-0.2, -0.15) is 0 Å². The number of benzene rings is 2. The molecule has 168 valence electrons. The van der Waals surface area contributed by atoms with Gasteiger partial charge in [0.05, 0.1) is 16.5 Å². The van der Waals surface area contributed by atoms with Crippen LogP contribution in [0.4, 0.5) is 0 Å². The molecule has 2 aromatic rings. The van der Waals surface area contributed by atoms with Crippen molar-refractivity contribution < 1.29 is 9.59 Å². The number of halogens is 4. The van der Waals surface area contributed by atoms with Crippen LogP contribution >= 0.6 is 46.4 Å². The molecule has 0 spiro atoms. The van der Waals surface area contributed by atoms with Gasteiger partial charge >= 0.3 is 0 Å². The van der Waals surface area contributed by atoms with E-state index in [2.05, 4.69) is 12.2 Å². The molecule has 31 heavy (non-hydrogen) atoms. The van der Waals surface area contributed by atoms with Gasteiger partial charge in [0.25, 0.3) is 0 Å². The number of hydrogen-bond acceptors (Lipinski definition) is 2. The van der Waals surface area contributed by atoms with Gasteiger partial charge in [-0.15, -0.1) is 0 Å². The average Bonchev–Trinajstić information content (AvgIpc) is 2.72. The molecule has 0 radical (unpaired) electrons. The lowest BCUT2D eigenvalue weighted by atomic mass is 10.1. The molecule has 0 saturated heterocycles. The van der Waals surface area contributed by atoms with Crippen LogP contribution in [0.15, 0.2) is 36.4 Å². The van der Waals surface area contributed by atoms with Crippen LogP contribution in [-0.4, -0.2) is 29.3 Å². The molecule has 0 aromatic heterocycles. The maximum absolute atomic E-state index is 13.4. The fraction of sp³-hybridized carbons (Fsp3) is 0.391. The van der Waals surface area contributed by atoms with Crippen LogP contribution in [0.5, 0.6) is 0 Å². The van der Waals surface area contributed by atoms with Crippen LogP contribution in [-0.2, 0) is 22.6 Å². The number of hydrogen-bond donors (Lipinski definition) is 1. The van der Waals surface area contributed by atoms with Crippen LogP contribution in [0.3, 0.4) is 0 Å². The molecule has 1 N–H and O–H groups in total. The van der Waals surface area contributed by atoms with E-state index in [-0.39, 0.29) is 24.8 Å². The summed E-state index contributed by atoms with van der Waals surface area (Å²) in [7, 11) is 0. The Morgan fingerprint density at radius 2 is 1.65 bits per heavy atom. The van der Waals surface area contributed by atoms with Crippen LogP contribution in [0, 0.1) is 0 Å². The van der Waals surface area contributed by atoms with E-state index in [4.69, 9.17) is 46.4 Å². The van der Waals surface area contributed by atoms with Gasteiger partial charge in [-0.05, 0) is 42.7 Å². The maximum atomic E-state index is 13.4. The number of unbranched alkanes of at least 4 members (excludes halogenated alkanes) is 1. The van der Waals surface area contributed by atoms with E-state index >= 15 is 0 Å². The molecule has 2 aromatic carbocycles. The predicted octanol–water partition coefficient (Wildman–Crippen LogP) is 6.57. The SMILES string of the molecule is CCCCNC(=O)C(CC)N(Cc1c(Cl)cccc1Cl)C(=O)Cc1ccc(Cl)c(Cl)c1. The van der Waals surface area contributed by atoms with E-state index in [9.17, 15) is 9.59 Å².